The first-order valence-corrected chi connectivity index (χ1v) is 5.64. The van der Waals surface area contributed by atoms with E-state index in [1.807, 2.05) is 0 Å². The number of hydrogen-bond acceptors (Lipinski definition) is 3. The number of rotatable bonds is 1. The highest BCUT2D eigenvalue weighted by Crippen LogP contribution is 2.28. The van der Waals surface area contributed by atoms with E-state index in [0.29, 0.717) is 13.0 Å². The second kappa shape index (κ2) is 4.45. The van der Waals surface area contributed by atoms with Gasteiger partial charge in [0, 0.05) is 13.1 Å². The monoisotopic (exact) mass is 252 g/mol. The number of nitrogens with one attached hydrogen (secondary N) is 1. The van der Waals surface area contributed by atoms with Crippen molar-refractivity contribution >= 4 is 5.91 Å². The summed E-state index contributed by atoms with van der Waals surface area (Å²) in [4.78, 5) is 12.9. The molecule has 0 bridgehead atoms. The van der Waals surface area contributed by atoms with E-state index in [2.05, 4.69) is 5.32 Å². The Labute approximate surface area is 97.1 Å². The zero-order chi connectivity index (χ0) is 12.5. The number of carbonyl (C=O) groups excluding carboxylic acids is 1. The Kier molecular flexibility index (Phi) is 3.31. The fourth-order valence-corrected chi connectivity index (χ4v) is 2.35. The number of carbonyl (C=O) groups is 1. The quantitative estimate of drug-likeness (QED) is 0.740. The summed E-state index contributed by atoms with van der Waals surface area (Å²) in [6.45, 7) is 0.0817. The van der Waals surface area contributed by atoms with Crippen LogP contribution in [0.3, 0.4) is 0 Å². The Morgan fingerprint density at radius 3 is 2.82 bits per heavy atom. The minimum absolute atomic E-state index is 0.0140. The number of halogens is 3. The maximum atomic E-state index is 12.3. The number of piperidine rings is 1. The lowest BCUT2D eigenvalue weighted by atomic mass is 9.91. The fourth-order valence-electron chi connectivity index (χ4n) is 2.35. The van der Waals surface area contributed by atoms with E-state index in [4.69, 9.17) is 4.74 Å². The van der Waals surface area contributed by atoms with Crippen molar-refractivity contribution < 1.29 is 22.7 Å². The summed E-state index contributed by atoms with van der Waals surface area (Å²) in [5, 5.41) is 3.01. The number of ether oxygens (including phenoxy) is 1. The Balaban J connectivity index is 2.08. The minimum atomic E-state index is -4.35. The second-order valence-corrected chi connectivity index (χ2v) is 4.46. The molecule has 98 valence electrons. The number of nitrogens with zero attached hydrogens (tertiary/aromatic N) is 1. The normalized spacial score (nSPS) is 31.0. The van der Waals surface area contributed by atoms with E-state index in [-0.39, 0.29) is 13.2 Å². The zero-order valence-corrected chi connectivity index (χ0v) is 9.35. The van der Waals surface area contributed by atoms with E-state index in [0.717, 1.165) is 17.9 Å². The molecule has 2 aliphatic rings. The molecule has 7 heteroatoms. The summed E-state index contributed by atoms with van der Waals surface area (Å²) in [7, 11) is 0. The van der Waals surface area contributed by atoms with Crippen LogP contribution >= 0.6 is 0 Å². The summed E-state index contributed by atoms with van der Waals surface area (Å²) >= 11 is 0. The van der Waals surface area contributed by atoms with Crippen LogP contribution in [0.1, 0.15) is 12.8 Å². The molecule has 17 heavy (non-hydrogen) atoms. The molecule has 2 saturated heterocycles. The molecule has 4 nitrogen and oxygen atoms in total. The van der Waals surface area contributed by atoms with Crippen LogP contribution in [-0.2, 0) is 9.53 Å². The third-order valence-electron chi connectivity index (χ3n) is 3.13. The number of alkyl halides is 3. The molecule has 0 aliphatic carbocycles. The predicted octanol–water partition coefficient (Wildman–Crippen LogP) is 0.530. The Bertz CT molecular complexity index is 295. The maximum Gasteiger partial charge on any atom is 0.406 e. The van der Waals surface area contributed by atoms with Crippen molar-refractivity contribution in [2.45, 2.75) is 24.6 Å². The van der Waals surface area contributed by atoms with Crippen molar-refractivity contribution in [3.05, 3.63) is 0 Å². The summed E-state index contributed by atoms with van der Waals surface area (Å²) in [6.07, 6.45) is -3.12. The maximum absolute atomic E-state index is 12.3. The molecule has 0 radical (unpaired) electrons. The Morgan fingerprint density at radius 2 is 2.24 bits per heavy atom. The van der Waals surface area contributed by atoms with Gasteiger partial charge in [0.2, 0.25) is 0 Å². The second-order valence-electron chi connectivity index (χ2n) is 4.46. The van der Waals surface area contributed by atoms with E-state index >= 15 is 0 Å². The molecule has 1 amide bonds. The third-order valence-corrected chi connectivity index (χ3v) is 3.13. The van der Waals surface area contributed by atoms with Crippen molar-refractivity contribution in [3.63, 3.8) is 0 Å². The third kappa shape index (κ3) is 2.71. The summed E-state index contributed by atoms with van der Waals surface area (Å²) in [6, 6.07) is 0. The van der Waals surface area contributed by atoms with Gasteiger partial charge in [-0.05, 0) is 19.4 Å². The van der Waals surface area contributed by atoms with Crippen LogP contribution in [-0.4, -0.2) is 55.4 Å². The SMILES string of the molecule is O=C1N(CC(F)(F)F)CCO[C@]12CCCNC2. The fraction of sp³-hybridized carbons (Fsp3) is 0.900. The summed E-state index contributed by atoms with van der Waals surface area (Å²) in [5.74, 6) is -0.534. The highest BCUT2D eigenvalue weighted by molar-refractivity contribution is 5.86. The highest BCUT2D eigenvalue weighted by atomic mass is 19.4. The molecular weight excluding hydrogens is 237 g/mol. The van der Waals surface area contributed by atoms with Gasteiger partial charge >= 0.3 is 6.18 Å². The van der Waals surface area contributed by atoms with Crippen LogP contribution in [0.4, 0.5) is 13.2 Å². The molecule has 1 spiro atoms. The van der Waals surface area contributed by atoms with Gasteiger partial charge in [-0.25, -0.2) is 0 Å². The standard InChI is InChI=1S/C10H15F3N2O2/c11-10(12,13)7-15-4-5-17-9(8(15)16)2-1-3-14-6-9/h14H,1-7H2/t9-/m0/s1. The van der Waals surface area contributed by atoms with Gasteiger partial charge in [0.05, 0.1) is 6.61 Å². The lowest BCUT2D eigenvalue weighted by molar-refractivity contribution is -0.194. The molecule has 1 N–H and O–H groups in total. The van der Waals surface area contributed by atoms with Gasteiger partial charge in [-0.15, -0.1) is 0 Å². The first-order chi connectivity index (χ1) is 7.93. The van der Waals surface area contributed by atoms with Crippen molar-refractivity contribution in [2.24, 2.45) is 0 Å². The van der Waals surface area contributed by atoms with Gasteiger partial charge in [-0.1, -0.05) is 0 Å². The van der Waals surface area contributed by atoms with Crippen LogP contribution in [0.2, 0.25) is 0 Å². The largest absolute Gasteiger partial charge is 0.406 e. The molecule has 2 aliphatic heterocycles. The van der Waals surface area contributed by atoms with Gasteiger partial charge in [0.15, 0.2) is 5.60 Å². The predicted molar refractivity (Wildman–Crippen MR) is 53.4 cm³/mol. The van der Waals surface area contributed by atoms with Crippen molar-refractivity contribution in [3.8, 4) is 0 Å². The van der Waals surface area contributed by atoms with Gasteiger partial charge in [0.1, 0.15) is 6.54 Å². The van der Waals surface area contributed by atoms with Crippen LogP contribution in [0.5, 0.6) is 0 Å². The van der Waals surface area contributed by atoms with E-state index in [9.17, 15) is 18.0 Å². The highest BCUT2D eigenvalue weighted by Gasteiger charge is 2.48. The molecule has 0 unspecified atom stereocenters. The lowest BCUT2D eigenvalue weighted by Gasteiger charge is -2.43. The molecule has 0 aromatic rings. The van der Waals surface area contributed by atoms with Crippen LogP contribution in [0, 0.1) is 0 Å². The van der Waals surface area contributed by atoms with Gasteiger partial charge in [0.25, 0.3) is 5.91 Å². The Morgan fingerprint density at radius 1 is 1.47 bits per heavy atom. The number of morpholine rings is 1. The van der Waals surface area contributed by atoms with Crippen LogP contribution < -0.4 is 5.32 Å². The van der Waals surface area contributed by atoms with Crippen molar-refractivity contribution in [1.82, 2.24) is 10.2 Å². The van der Waals surface area contributed by atoms with Gasteiger partial charge < -0.3 is 15.0 Å². The summed E-state index contributed by atoms with van der Waals surface area (Å²) < 4.78 is 42.4. The van der Waals surface area contributed by atoms with Crippen molar-refractivity contribution in [2.75, 3.05) is 32.8 Å². The van der Waals surface area contributed by atoms with E-state index in [1.165, 1.54) is 0 Å². The molecule has 0 aromatic heterocycles. The lowest BCUT2D eigenvalue weighted by Crippen LogP contribution is -2.63. The average molecular weight is 252 g/mol. The van der Waals surface area contributed by atoms with Crippen LogP contribution in [0.15, 0.2) is 0 Å². The first-order valence-electron chi connectivity index (χ1n) is 5.64. The molecule has 2 fully saturated rings. The van der Waals surface area contributed by atoms with Crippen molar-refractivity contribution in [1.29, 1.82) is 0 Å². The molecule has 2 rings (SSSR count). The van der Waals surface area contributed by atoms with Gasteiger partial charge in [-0.2, -0.15) is 13.2 Å². The molecular formula is C10H15F3N2O2. The van der Waals surface area contributed by atoms with E-state index < -0.39 is 24.2 Å². The topological polar surface area (TPSA) is 41.6 Å². The van der Waals surface area contributed by atoms with Crippen LogP contribution in [0.25, 0.3) is 0 Å². The smallest absolute Gasteiger partial charge is 0.362 e. The number of amides is 1. The van der Waals surface area contributed by atoms with Gasteiger partial charge in [-0.3, -0.25) is 4.79 Å². The zero-order valence-electron chi connectivity index (χ0n) is 9.35. The molecule has 0 aromatic carbocycles. The van der Waals surface area contributed by atoms with E-state index in [1.54, 1.807) is 0 Å². The number of hydrogen-bond donors (Lipinski definition) is 1. The summed E-state index contributed by atoms with van der Waals surface area (Å²) in [5.41, 5.74) is -1.07. The minimum Gasteiger partial charge on any atom is -0.362 e. The Hall–Kier alpha value is -0.820. The molecule has 2 heterocycles. The molecule has 1 atom stereocenters. The first kappa shape index (κ1) is 12.6. The molecule has 0 saturated carbocycles. The average Bonchev–Trinajstić information content (AvgIpc) is 2.25.